The number of anilines is 1. The molecule has 0 aliphatic carbocycles. The number of carbonyl (C=O) groups is 1. The van der Waals surface area contributed by atoms with E-state index in [2.05, 4.69) is 14.8 Å². The van der Waals surface area contributed by atoms with Gasteiger partial charge < -0.3 is 9.84 Å². The van der Waals surface area contributed by atoms with E-state index in [-0.39, 0.29) is 31.7 Å². The molecule has 3 rings (SSSR count). The molecule has 0 bridgehead atoms. The smallest absolute Gasteiger partial charge is 0.412 e. The number of rotatable bonds is 11. The van der Waals surface area contributed by atoms with Gasteiger partial charge in [0.05, 0.1) is 12.7 Å². The summed E-state index contributed by atoms with van der Waals surface area (Å²) in [5.74, 6) is -1.63. The van der Waals surface area contributed by atoms with Crippen LogP contribution in [0.4, 0.5) is 19.4 Å². The second-order valence-corrected chi connectivity index (χ2v) is 8.09. The van der Waals surface area contributed by atoms with Crippen LogP contribution in [0.2, 0.25) is 0 Å². The Morgan fingerprint density at radius 2 is 1.94 bits per heavy atom. The third-order valence-electron chi connectivity index (χ3n) is 5.21. The van der Waals surface area contributed by atoms with Crippen LogP contribution in [0.25, 0.3) is 10.8 Å². The van der Waals surface area contributed by atoms with Gasteiger partial charge >= 0.3 is 14.8 Å². The number of likely N-dealkylation sites (N-methyl/N-ethyl adjacent to an activating group) is 1. The molecule has 0 spiro atoms. The number of carbonyl (C=O) groups excluding carboxylic acids is 1. The first-order valence-electron chi connectivity index (χ1n) is 10.4. The molecule has 180 valence electrons. The number of aliphatic hydroxyl groups excluding tert-OH is 1. The van der Waals surface area contributed by atoms with Crippen molar-refractivity contribution in [3.8, 4) is 0 Å². The molecule has 2 N–H and O–H groups in total. The normalized spacial score (nSPS) is 13.2. The highest BCUT2D eigenvalue weighted by molar-refractivity contribution is 7.17. The Morgan fingerprint density at radius 3 is 2.71 bits per heavy atom. The Morgan fingerprint density at radius 1 is 1.18 bits per heavy atom. The van der Waals surface area contributed by atoms with Crippen LogP contribution in [0.1, 0.15) is 12.0 Å². The van der Waals surface area contributed by atoms with Gasteiger partial charge in [0, 0.05) is 29.7 Å². The lowest BCUT2D eigenvalue weighted by atomic mass is 10.1. The van der Waals surface area contributed by atoms with E-state index in [4.69, 9.17) is 4.74 Å². The Hall–Kier alpha value is -3.04. The van der Waals surface area contributed by atoms with Crippen LogP contribution in [0.15, 0.2) is 54.7 Å². The molecule has 0 aliphatic heterocycles. The first kappa shape index (κ1) is 25.6. The van der Waals surface area contributed by atoms with E-state index < -0.39 is 38.6 Å². The zero-order valence-corrected chi connectivity index (χ0v) is 19.3. The zero-order chi connectivity index (χ0) is 24.5. The summed E-state index contributed by atoms with van der Waals surface area (Å²) < 4.78 is 48.2. The summed E-state index contributed by atoms with van der Waals surface area (Å²) in [7, 11) is 1.05. The van der Waals surface area contributed by atoms with Gasteiger partial charge in [-0.1, -0.05) is 36.4 Å². The fourth-order valence-electron chi connectivity index (χ4n) is 3.41. The molecule has 0 radical (unpaired) electrons. The summed E-state index contributed by atoms with van der Waals surface area (Å²) in [5, 5.41) is 14.5. The van der Waals surface area contributed by atoms with E-state index in [0.29, 0.717) is 5.82 Å². The van der Waals surface area contributed by atoms with Gasteiger partial charge in [-0.25, -0.2) is 23.1 Å². The molecule has 11 heteroatoms. The maximum atomic E-state index is 14.1. The third kappa shape index (κ3) is 7.23. The Labute approximate surface area is 196 Å². The maximum absolute atomic E-state index is 14.1. The number of amides is 1. The molecule has 0 aliphatic rings. The molecule has 2 aromatic carbocycles. The Kier molecular flexibility index (Phi) is 9.35. The second kappa shape index (κ2) is 12.4. The van der Waals surface area contributed by atoms with Gasteiger partial charge in [0.25, 0.3) is 0 Å². The summed E-state index contributed by atoms with van der Waals surface area (Å²) in [6, 6.07) is 12.5. The second-order valence-electron chi connectivity index (χ2n) is 7.68. The first-order valence-corrected chi connectivity index (χ1v) is 11.1. The monoisotopic (exact) mass is 491 g/mol. The molecule has 0 saturated heterocycles. The minimum atomic E-state index is -1.03. The highest BCUT2D eigenvalue weighted by Gasteiger charge is 2.23. The Bertz CT molecular complexity index is 1140. The van der Waals surface area contributed by atoms with Gasteiger partial charge in [0.15, 0.2) is 11.6 Å². The third-order valence-corrected chi connectivity index (χ3v) is 5.46. The van der Waals surface area contributed by atoms with Crippen LogP contribution in [-0.4, -0.2) is 53.5 Å². The van der Waals surface area contributed by atoms with E-state index in [1.807, 2.05) is 24.3 Å². The van der Waals surface area contributed by atoms with Crippen molar-refractivity contribution in [1.29, 1.82) is 0 Å². The van der Waals surface area contributed by atoms with Crippen molar-refractivity contribution in [2.45, 2.75) is 25.1 Å². The summed E-state index contributed by atoms with van der Waals surface area (Å²) in [4.78, 5) is 18.2. The lowest BCUT2D eigenvalue weighted by Gasteiger charge is -2.29. The molecule has 2 atom stereocenters. The van der Waals surface area contributed by atoms with Gasteiger partial charge in [0.1, 0.15) is 12.4 Å². The van der Waals surface area contributed by atoms with Crippen molar-refractivity contribution < 1.29 is 32.5 Å². The summed E-state index contributed by atoms with van der Waals surface area (Å²) >= 11 is 0. The number of pyridine rings is 1. The van der Waals surface area contributed by atoms with Crippen LogP contribution in [0, 0.1) is 11.6 Å². The SMILES string of the molecule is CN(Cc1cccc(F)c1F)[C@H](COC(=O)Nc1cc2ccccc2cn1)C[C@H](O)COP=O. The van der Waals surface area contributed by atoms with Crippen molar-refractivity contribution in [3.05, 3.63) is 71.9 Å². The van der Waals surface area contributed by atoms with Crippen molar-refractivity contribution in [1.82, 2.24) is 9.88 Å². The molecule has 34 heavy (non-hydrogen) atoms. The number of benzene rings is 2. The van der Waals surface area contributed by atoms with Crippen LogP contribution in [-0.2, 0) is 20.4 Å². The van der Waals surface area contributed by atoms with Gasteiger partial charge in [-0.05, 0) is 31.0 Å². The van der Waals surface area contributed by atoms with Crippen molar-refractivity contribution >= 4 is 31.4 Å². The fourth-order valence-corrected chi connectivity index (χ4v) is 3.64. The molecule has 8 nitrogen and oxygen atoms in total. The number of aliphatic hydroxyl groups is 1. The molecular weight excluding hydrogens is 467 g/mol. The number of nitrogens with zero attached hydrogens (tertiary/aromatic N) is 2. The first-order chi connectivity index (χ1) is 16.4. The minimum Gasteiger partial charge on any atom is -0.448 e. The average Bonchev–Trinajstić information content (AvgIpc) is 2.83. The minimum absolute atomic E-state index is 0.00114. The fraction of sp³-hybridized carbons (Fsp3) is 0.304. The zero-order valence-electron chi connectivity index (χ0n) is 18.4. The van der Waals surface area contributed by atoms with Gasteiger partial charge in [-0.2, -0.15) is 0 Å². The molecular formula is C23H24F2N3O5P. The van der Waals surface area contributed by atoms with Crippen LogP contribution in [0.5, 0.6) is 0 Å². The number of hydrogen-bond donors (Lipinski definition) is 2. The van der Waals surface area contributed by atoms with Crippen molar-refractivity contribution in [2.75, 3.05) is 25.6 Å². The van der Waals surface area contributed by atoms with E-state index >= 15 is 0 Å². The van der Waals surface area contributed by atoms with Gasteiger partial charge in [-0.3, -0.25) is 14.7 Å². The molecule has 1 heterocycles. The summed E-state index contributed by atoms with van der Waals surface area (Å²) in [6.07, 6.45) is -0.104. The maximum Gasteiger partial charge on any atom is 0.412 e. The van der Waals surface area contributed by atoms with E-state index in [1.165, 1.54) is 12.1 Å². The number of hydrogen-bond acceptors (Lipinski definition) is 7. The van der Waals surface area contributed by atoms with Crippen LogP contribution < -0.4 is 5.32 Å². The highest BCUT2D eigenvalue weighted by atomic mass is 31.1. The predicted molar refractivity (Wildman–Crippen MR) is 123 cm³/mol. The van der Waals surface area contributed by atoms with Crippen LogP contribution >= 0.6 is 8.69 Å². The predicted octanol–water partition coefficient (Wildman–Crippen LogP) is 4.54. The molecule has 0 fully saturated rings. The number of halogens is 2. The molecule has 3 aromatic rings. The summed E-state index contributed by atoms with van der Waals surface area (Å²) in [6.45, 7) is -0.380. The lowest BCUT2D eigenvalue weighted by Crippen LogP contribution is -2.40. The highest BCUT2D eigenvalue weighted by Crippen LogP contribution is 2.18. The van der Waals surface area contributed by atoms with Gasteiger partial charge in [-0.15, -0.1) is 0 Å². The van der Waals surface area contributed by atoms with Gasteiger partial charge in [0.2, 0.25) is 0 Å². The number of aromatic nitrogens is 1. The Balaban J connectivity index is 1.64. The number of ether oxygens (including phenoxy) is 1. The molecule has 0 saturated carbocycles. The van der Waals surface area contributed by atoms with Crippen molar-refractivity contribution in [3.63, 3.8) is 0 Å². The van der Waals surface area contributed by atoms with E-state index in [9.17, 15) is 23.2 Å². The topological polar surface area (TPSA) is 101 Å². The van der Waals surface area contributed by atoms with Crippen molar-refractivity contribution in [2.24, 2.45) is 0 Å². The summed E-state index contributed by atoms with van der Waals surface area (Å²) in [5.41, 5.74) is 0.112. The van der Waals surface area contributed by atoms with E-state index in [1.54, 1.807) is 24.2 Å². The molecule has 0 unspecified atom stereocenters. The number of nitrogens with one attached hydrogen (secondary N) is 1. The number of fused-ring (bicyclic) bond motifs is 1. The van der Waals surface area contributed by atoms with E-state index in [0.717, 1.165) is 16.8 Å². The molecule has 1 amide bonds. The average molecular weight is 491 g/mol. The standard InChI is InChI=1S/C23H24F2N3O5P/c1-28(12-17-7-4-8-20(24)22(17)25)18(10-19(29)14-33-34-31)13-32-23(30)27-21-9-15-5-2-3-6-16(15)11-26-21/h2-9,11,18-19,29H,10,12-14H2,1H3,(H,26,27,30)/t18-,19-/m0/s1. The van der Waals surface area contributed by atoms with Crippen LogP contribution in [0.3, 0.4) is 0 Å². The largest absolute Gasteiger partial charge is 0.448 e. The quantitative estimate of drug-likeness (QED) is 0.380. The lowest BCUT2D eigenvalue weighted by molar-refractivity contribution is 0.0462. The molecule has 1 aromatic heterocycles.